The fraction of sp³-hybridized carbons (Fsp3) is 0.286. The summed E-state index contributed by atoms with van der Waals surface area (Å²) in [6.45, 7) is 4.17. The third-order valence-corrected chi connectivity index (χ3v) is 6.38. The van der Waals surface area contributed by atoms with E-state index in [4.69, 9.17) is 4.74 Å². The lowest BCUT2D eigenvalue weighted by Gasteiger charge is -2.19. The van der Waals surface area contributed by atoms with Crippen molar-refractivity contribution in [3.05, 3.63) is 48.0 Å². The van der Waals surface area contributed by atoms with Crippen LogP contribution in [0.5, 0.6) is 5.75 Å². The molecule has 19 heavy (non-hydrogen) atoms. The van der Waals surface area contributed by atoms with Gasteiger partial charge >= 0.3 is 0 Å². The molecule has 2 aromatic rings. The van der Waals surface area contributed by atoms with Crippen LogP contribution < -0.4 is 4.74 Å². The summed E-state index contributed by atoms with van der Waals surface area (Å²) in [5.41, 5.74) is 4.75. The number of rotatable bonds is 3. The fourth-order valence-electron chi connectivity index (χ4n) is 2.07. The fourth-order valence-corrected chi connectivity index (χ4v) is 4.82. The van der Waals surface area contributed by atoms with Gasteiger partial charge in [0.1, 0.15) is 5.75 Å². The summed E-state index contributed by atoms with van der Waals surface area (Å²) in [6.07, 6.45) is 0. The van der Waals surface area contributed by atoms with Crippen molar-refractivity contribution >= 4 is 59.1 Å². The summed E-state index contributed by atoms with van der Waals surface area (Å²) in [5, 5.41) is 2.15. The van der Waals surface area contributed by atoms with Gasteiger partial charge in [-0.2, -0.15) is 0 Å². The highest BCUT2D eigenvalue weighted by Crippen LogP contribution is 2.44. The molecule has 1 aromatic heterocycles. The molecule has 0 N–H and O–H groups in total. The number of thiophene rings is 1. The Morgan fingerprint density at radius 1 is 1.21 bits per heavy atom. The second-order valence-corrected chi connectivity index (χ2v) is 8.35. The first kappa shape index (κ1) is 15.5. The standard InChI is InChI=1S/C14H13Br3OS/c1-7-4-10(15)8(2)12(14(7)18-3)13(17)9-5-11(16)19-6-9/h4-6,13H,1-3H3. The first-order valence-corrected chi connectivity index (χ1v) is 9.05. The average Bonchev–Trinajstić information content (AvgIpc) is 2.79. The maximum Gasteiger partial charge on any atom is 0.126 e. The number of alkyl halides is 1. The second kappa shape index (κ2) is 6.29. The van der Waals surface area contributed by atoms with Crippen molar-refractivity contribution in [3.63, 3.8) is 0 Å². The van der Waals surface area contributed by atoms with Crippen LogP contribution in [0, 0.1) is 13.8 Å². The zero-order valence-electron chi connectivity index (χ0n) is 10.8. The van der Waals surface area contributed by atoms with E-state index in [1.807, 2.05) is 0 Å². The summed E-state index contributed by atoms with van der Waals surface area (Å²) in [6, 6.07) is 4.24. The van der Waals surface area contributed by atoms with Crippen LogP contribution in [0.1, 0.15) is 27.1 Å². The smallest absolute Gasteiger partial charge is 0.126 e. The number of halogens is 3. The Morgan fingerprint density at radius 2 is 1.89 bits per heavy atom. The monoisotopic (exact) mass is 466 g/mol. The molecule has 1 heterocycles. The number of hydrogen-bond acceptors (Lipinski definition) is 2. The van der Waals surface area contributed by atoms with Gasteiger partial charge in [0.05, 0.1) is 15.7 Å². The van der Waals surface area contributed by atoms with Crippen molar-refractivity contribution in [1.29, 1.82) is 0 Å². The quantitative estimate of drug-likeness (QED) is 0.475. The highest BCUT2D eigenvalue weighted by atomic mass is 79.9. The van der Waals surface area contributed by atoms with E-state index in [0.29, 0.717) is 0 Å². The van der Waals surface area contributed by atoms with Gasteiger partial charge in [0, 0.05) is 10.0 Å². The molecule has 1 aromatic carbocycles. The summed E-state index contributed by atoms with van der Waals surface area (Å²) in [7, 11) is 1.72. The number of hydrogen-bond donors (Lipinski definition) is 0. The van der Waals surface area contributed by atoms with E-state index in [9.17, 15) is 0 Å². The van der Waals surface area contributed by atoms with Gasteiger partial charge in [-0.15, -0.1) is 11.3 Å². The van der Waals surface area contributed by atoms with Crippen LogP contribution in [0.2, 0.25) is 0 Å². The summed E-state index contributed by atoms with van der Waals surface area (Å²) >= 11 is 12.6. The van der Waals surface area contributed by atoms with Gasteiger partial charge in [-0.3, -0.25) is 0 Å². The Morgan fingerprint density at radius 3 is 2.42 bits per heavy atom. The van der Waals surface area contributed by atoms with Crippen LogP contribution in [0.3, 0.4) is 0 Å². The minimum absolute atomic E-state index is 0.126. The first-order valence-electron chi connectivity index (χ1n) is 5.67. The van der Waals surface area contributed by atoms with E-state index in [-0.39, 0.29) is 4.83 Å². The number of aryl methyl sites for hydroxylation is 1. The molecule has 1 nitrogen and oxygen atoms in total. The van der Waals surface area contributed by atoms with Crippen LogP contribution in [0.4, 0.5) is 0 Å². The minimum atomic E-state index is 0.126. The van der Waals surface area contributed by atoms with Gasteiger partial charge in [0.15, 0.2) is 0 Å². The normalized spacial score (nSPS) is 12.5. The summed E-state index contributed by atoms with van der Waals surface area (Å²) in [4.78, 5) is 0.126. The Balaban J connectivity index is 2.60. The maximum atomic E-state index is 5.60. The molecule has 1 atom stereocenters. The molecule has 0 aliphatic carbocycles. The van der Waals surface area contributed by atoms with Gasteiger partial charge in [-0.05, 0) is 64.0 Å². The highest BCUT2D eigenvalue weighted by Gasteiger charge is 2.22. The van der Waals surface area contributed by atoms with Gasteiger partial charge in [0.25, 0.3) is 0 Å². The van der Waals surface area contributed by atoms with E-state index < -0.39 is 0 Å². The second-order valence-electron chi connectivity index (χ2n) is 4.29. The molecule has 0 radical (unpaired) electrons. The summed E-state index contributed by atoms with van der Waals surface area (Å²) < 4.78 is 7.85. The predicted octanol–water partition coefficient (Wildman–Crippen LogP) is 6.38. The van der Waals surface area contributed by atoms with Crippen LogP contribution in [0.25, 0.3) is 0 Å². The van der Waals surface area contributed by atoms with E-state index >= 15 is 0 Å². The highest BCUT2D eigenvalue weighted by molar-refractivity contribution is 9.11. The molecule has 0 bridgehead atoms. The first-order chi connectivity index (χ1) is 8.95. The van der Waals surface area contributed by atoms with Gasteiger partial charge in [-0.1, -0.05) is 31.9 Å². The molecule has 2 rings (SSSR count). The van der Waals surface area contributed by atoms with Crippen LogP contribution in [0.15, 0.2) is 25.8 Å². The molecule has 0 fully saturated rings. The van der Waals surface area contributed by atoms with Crippen LogP contribution in [-0.2, 0) is 0 Å². The Kier molecular flexibility index (Phi) is 5.15. The molecule has 0 aliphatic rings. The molecule has 5 heteroatoms. The van der Waals surface area contributed by atoms with Crippen molar-refractivity contribution in [1.82, 2.24) is 0 Å². The lowest BCUT2D eigenvalue weighted by atomic mass is 9.98. The maximum absolute atomic E-state index is 5.60. The van der Waals surface area contributed by atoms with Crippen molar-refractivity contribution in [2.24, 2.45) is 0 Å². The molecule has 0 saturated heterocycles. The molecule has 102 valence electrons. The SMILES string of the molecule is COc1c(C)cc(Br)c(C)c1C(Br)c1csc(Br)c1. The molecular formula is C14H13Br3OS. The molecule has 0 amide bonds. The van der Waals surface area contributed by atoms with Gasteiger partial charge in [0.2, 0.25) is 0 Å². The van der Waals surface area contributed by atoms with E-state index in [2.05, 4.69) is 79.2 Å². The van der Waals surface area contributed by atoms with Crippen molar-refractivity contribution in [2.75, 3.05) is 7.11 Å². The van der Waals surface area contributed by atoms with Gasteiger partial charge in [-0.25, -0.2) is 0 Å². The topological polar surface area (TPSA) is 9.23 Å². The minimum Gasteiger partial charge on any atom is -0.496 e. The largest absolute Gasteiger partial charge is 0.496 e. The Labute approximate surface area is 142 Å². The molecule has 0 saturated carbocycles. The number of methoxy groups -OCH3 is 1. The van der Waals surface area contributed by atoms with E-state index in [1.165, 1.54) is 16.7 Å². The zero-order chi connectivity index (χ0) is 14.2. The lowest BCUT2D eigenvalue weighted by Crippen LogP contribution is -2.02. The molecule has 0 aliphatic heterocycles. The predicted molar refractivity (Wildman–Crippen MR) is 93.0 cm³/mol. The zero-order valence-corrected chi connectivity index (χ0v) is 16.3. The molecule has 1 unspecified atom stereocenters. The Bertz CT molecular complexity index is 607. The van der Waals surface area contributed by atoms with Crippen molar-refractivity contribution in [3.8, 4) is 5.75 Å². The number of benzene rings is 1. The van der Waals surface area contributed by atoms with Crippen molar-refractivity contribution in [2.45, 2.75) is 18.7 Å². The third kappa shape index (κ3) is 3.09. The van der Waals surface area contributed by atoms with E-state index in [0.717, 1.165) is 19.6 Å². The summed E-state index contributed by atoms with van der Waals surface area (Å²) in [5.74, 6) is 0.949. The molecule has 0 spiro atoms. The van der Waals surface area contributed by atoms with Crippen LogP contribution >= 0.6 is 59.1 Å². The molecular weight excluding hydrogens is 456 g/mol. The average molecular weight is 469 g/mol. The van der Waals surface area contributed by atoms with Crippen LogP contribution in [-0.4, -0.2) is 7.11 Å². The lowest BCUT2D eigenvalue weighted by molar-refractivity contribution is 0.406. The number of ether oxygens (including phenoxy) is 1. The Hall–Kier alpha value is 0.160. The van der Waals surface area contributed by atoms with E-state index in [1.54, 1.807) is 18.4 Å². The third-order valence-electron chi connectivity index (χ3n) is 3.05. The van der Waals surface area contributed by atoms with Crippen molar-refractivity contribution < 1.29 is 4.74 Å². The van der Waals surface area contributed by atoms with Gasteiger partial charge < -0.3 is 4.74 Å².